The molecule has 14 heavy (non-hydrogen) atoms. The number of benzene rings is 1. The second-order valence-electron chi connectivity index (χ2n) is 2.87. The molecule has 2 rings (SSSR count). The molecule has 0 aliphatic carbocycles. The number of hydrogen-bond acceptors (Lipinski definition) is 2. The summed E-state index contributed by atoms with van der Waals surface area (Å²) in [4.78, 5) is 3.85. The van der Waals surface area contributed by atoms with Crippen LogP contribution >= 0.6 is 0 Å². The van der Waals surface area contributed by atoms with Crippen molar-refractivity contribution in [1.29, 1.82) is 0 Å². The van der Waals surface area contributed by atoms with E-state index in [4.69, 9.17) is 0 Å². The fourth-order valence-electron chi connectivity index (χ4n) is 1.16. The van der Waals surface area contributed by atoms with Crippen molar-refractivity contribution in [3.63, 3.8) is 0 Å². The van der Waals surface area contributed by atoms with E-state index >= 15 is 0 Å². The van der Waals surface area contributed by atoms with Crippen LogP contribution < -0.4 is 0 Å². The molecule has 0 radical (unpaired) electrons. The summed E-state index contributed by atoms with van der Waals surface area (Å²) < 4.78 is 13.3. The summed E-state index contributed by atoms with van der Waals surface area (Å²) in [5.41, 5.74) is 1.07. The van der Waals surface area contributed by atoms with Crippen LogP contribution in [0.15, 0.2) is 49.1 Å². The fraction of sp³-hybridized carbons (Fsp3) is 0.100. The Hall–Kier alpha value is -1.26. The first-order chi connectivity index (χ1) is 6.86. The van der Waals surface area contributed by atoms with Crippen molar-refractivity contribution >= 4 is 11.4 Å². The molecule has 1 unspecified atom stereocenters. The first-order valence-corrected chi connectivity index (χ1v) is 5.54. The predicted octanol–water partition coefficient (Wildman–Crippen LogP) is 1.60. The summed E-state index contributed by atoms with van der Waals surface area (Å²) in [6, 6.07) is 9.77. The van der Waals surface area contributed by atoms with Gasteiger partial charge >= 0.3 is 0 Å². The molecule has 0 saturated carbocycles. The standard InChI is InChI=1S/C10H10N2OS/c13-14(12-7-6-11-9-12)8-10-4-2-1-3-5-10/h1-7,9H,8H2. The molecule has 4 heteroatoms. The maximum Gasteiger partial charge on any atom is 0.156 e. The number of imidazole rings is 1. The molecule has 0 amide bonds. The number of hydrogen-bond donors (Lipinski definition) is 0. The second-order valence-corrected chi connectivity index (χ2v) is 4.23. The van der Waals surface area contributed by atoms with Crippen molar-refractivity contribution in [2.75, 3.05) is 0 Å². The van der Waals surface area contributed by atoms with Gasteiger partial charge in [0.2, 0.25) is 0 Å². The topological polar surface area (TPSA) is 40.9 Å². The number of nitrogens with zero attached hydrogens (tertiary/aromatic N) is 2. The zero-order chi connectivity index (χ0) is 9.80. The molecule has 0 spiro atoms. The van der Waals surface area contributed by atoms with Gasteiger partial charge in [0.05, 0.1) is 17.6 Å². The van der Waals surface area contributed by atoms with E-state index in [0.717, 1.165) is 5.56 Å². The third kappa shape index (κ3) is 2.16. The molecule has 72 valence electrons. The minimum Gasteiger partial charge on any atom is -0.592 e. The van der Waals surface area contributed by atoms with E-state index in [1.807, 2.05) is 30.3 Å². The van der Waals surface area contributed by atoms with Gasteiger partial charge in [-0.2, -0.15) is 3.97 Å². The van der Waals surface area contributed by atoms with E-state index in [-0.39, 0.29) is 0 Å². The van der Waals surface area contributed by atoms with Crippen LogP contribution in [0, 0.1) is 0 Å². The SMILES string of the molecule is [O-][S+](Cc1ccccc1)n1ccnc1. The van der Waals surface area contributed by atoms with Crippen LogP contribution in [0.2, 0.25) is 0 Å². The average molecular weight is 206 g/mol. The highest BCUT2D eigenvalue weighted by Gasteiger charge is 2.08. The van der Waals surface area contributed by atoms with Gasteiger partial charge in [0.15, 0.2) is 5.75 Å². The third-order valence-electron chi connectivity index (χ3n) is 1.85. The molecule has 1 heterocycles. The van der Waals surface area contributed by atoms with E-state index < -0.39 is 11.4 Å². The van der Waals surface area contributed by atoms with Crippen LogP contribution in [-0.2, 0) is 17.1 Å². The molecule has 1 aromatic carbocycles. The minimum absolute atomic E-state index is 0.525. The van der Waals surface area contributed by atoms with Gasteiger partial charge in [-0.25, -0.2) is 4.98 Å². The molecule has 3 nitrogen and oxygen atoms in total. The molecule has 0 N–H and O–H groups in total. The molecule has 0 aliphatic rings. The summed E-state index contributed by atoms with van der Waals surface area (Å²) in [5.74, 6) is 0.525. The fourth-order valence-corrected chi connectivity index (χ4v) is 2.14. The zero-order valence-corrected chi connectivity index (χ0v) is 8.35. The van der Waals surface area contributed by atoms with Crippen molar-refractivity contribution in [2.45, 2.75) is 5.75 Å². The lowest BCUT2D eigenvalue weighted by molar-refractivity contribution is 0.585. The van der Waals surface area contributed by atoms with Crippen molar-refractivity contribution in [3.05, 3.63) is 54.6 Å². The van der Waals surface area contributed by atoms with E-state index in [2.05, 4.69) is 4.98 Å². The van der Waals surface area contributed by atoms with E-state index in [1.165, 1.54) is 0 Å². The van der Waals surface area contributed by atoms with Crippen LogP contribution in [0.4, 0.5) is 0 Å². The molecule has 0 saturated heterocycles. The summed E-state index contributed by atoms with van der Waals surface area (Å²) >= 11 is -1.05. The first-order valence-electron chi connectivity index (χ1n) is 4.27. The van der Waals surface area contributed by atoms with Gasteiger partial charge in [0.25, 0.3) is 0 Å². The normalized spacial score (nSPS) is 12.6. The number of aromatic nitrogens is 2. The average Bonchev–Trinajstić information content (AvgIpc) is 2.72. The Balaban J connectivity index is 2.06. The lowest BCUT2D eigenvalue weighted by Crippen LogP contribution is -2.13. The van der Waals surface area contributed by atoms with Gasteiger partial charge in [-0.1, -0.05) is 30.3 Å². The van der Waals surface area contributed by atoms with Gasteiger partial charge in [0.1, 0.15) is 6.33 Å². The minimum atomic E-state index is -1.05. The quantitative estimate of drug-likeness (QED) is 0.716. The van der Waals surface area contributed by atoms with Crippen LogP contribution in [0.1, 0.15) is 5.56 Å². The molecule has 0 aliphatic heterocycles. The molecule has 0 fully saturated rings. The molecule has 1 atom stereocenters. The third-order valence-corrected chi connectivity index (χ3v) is 3.11. The Labute approximate surface area is 85.7 Å². The smallest absolute Gasteiger partial charge is 0.156 e. The second kappa shape index (κ2) is 4.30. The molecule has 1 aromatic heterocycles. The molecular weight excluding hydrogens is 196 g/mol. The summed E-state index contributed by atoms with van der Waals surface area (Å²) in [7, 11) is 0. The van der Waals surface area contributed by atoms with Gasteiger partial charge in [-0.15, -0.1) is 0 Å². The van der Waals surface area contributed by atoms with E-state index in [0.29, 0.717) is 5.75 Å². The maximum atomic E-state index is 11.7. The lowest BCUT2D eigenvalue weighted by Gasteiger charge is -2.09. The van der Waals surface area contributed by atoms with Crippen LogP contribution in [-0.4, -0.2) is 13.5 Å². The van der Waals surface area contributed by atoms with Crippen LogP contribution in [0.25, 0.3) is 0 Å². The lowest BCUT2D eigenvalue weighted by atomic mass is 10.2. The largest absolute Gasteiger partial charge is 0.592 e. The van der Waals surface area contributed by atoms with Gasteiger partial charge in [-0.3, -0.25) is 0 Å². The highest BCUT2D eigenvalue weighted by atomic mass is 32.2. The molecule has 0 bridgehead atoms. The molecular formula is C10H10N2OS. The van der Waals surface area contributed by atoms with Gasteiger partial charge in [-0.05, 0) is 0 Å². The highest BCUT2D eigenvalue weighted by Crippen LogP contribution is 2.07. The monoisotopic (exact) mass is 206 g/mol. The Bertz CT molecular complexity index is 374. The first kappa shape index (κ1) is 9.30. The zero-order valence-electron chi connectivity index (χ0n) is 7.54. The Morgan fingerprint density at radius 1 is 1.29 bits per heavy atom. The predicted molar refractivity (Wildman–Crippen MR) is 55.9 cm³/mol. The Morgan fingerprint density at radius 2 is 2.07 bits per heavy atom. The van der Waals surface area contributed by atoms with Gasteiger partial charge in [0, 0.05) is 11.8 Å². The van der Waals surface area contributed by atoms with E-state index in [1.54, 1.807) is 22.7 Å². The Kier molecular flexibility index (Phi) is 2.86. The van der Waals surface area contributed by atoms with Gasteiger partial charge < -0.3 is 4.55 Å². The number of rotatable bonds is 3. The van der Waals surface area contributed by atoms with Crippen LogP contribution in [0.3, 0.4) is 0 Å². The summed E-state index contributed by atoms with van der Waals surface area (Å²) in [5, 5.41) is 0. The van der Waals surface area contributed by atoms with Crippen molar-refractivity contribution in [2.24, 2.45) is 0 Å². The molecule has 2 aromatic rings. The Morgan fingerprint density at radius 3 is 2.71 bits per heavy atom. The van der Waals surface area contributed by atoms with Crippen molar-refractivity contribution < 1.29 is 4.55 Å². The van der Waals surface area contributed by atoms with Crippen molar-refractivity contribution in [1.82, 2.24) is 8.96 Å². The highest BCUT2D eigenvalue weighted by molar-refractivity contribution is 7.89. The van der Waals surface area contributed by atoms with Crippen LogP contribution in [0.5, 0.6) is 0 Å². The summed E-state index contributed by atoms with van der Waals surface area (Å²) in [6.07, 6.45) is 4.90. The summed E-state index contributed by atoms with van der Waals surface area (Å²) in [6.45, 7) is 0. The van der Waals surface area contributed by atoms with Crippen molar-refractivity contribution in [3.8, 4) is 0 Å². The van der Waals surface area contributed by atoms with E-state index in [9.17, 15) is 4.55 Å². The maximum absolute atomic E-state index is 11.7.